The third kappa shape index (κ3) is 3.95. The number of nitrogens with zero attached hydrogens (tertiary/aromatic N) is 2. The highest BCUT2D eigenvalue weighted by Crippen LogP contribution is 2.47. The number of hydrogen-bond acceptors (Lipinski definition) is 5. The third-order valence-electron chi connectivity index (χ3n) is 7.91. The Morgan fingerprint density at radius 2 is 2.05 bits per heavy atom. The number of nitrogens with one attached hydrogen (secondary N) is 3. The molecule has 3 unspecified atom stereocenters. The molecule has 38 heavy (non-hydrogen) atoms. The number of alkyl halides is 3. The molecule has 196 valence electrons. The number of anilines is 2. The van der Waals surface area contributed by atoms with Crippen molar-refractivity contribution in [1.82, 2.24) is 15.1 Å². The van der Waals surface area contributed by atoms with Gasteiger partial charge in [-0.1, -0.05) is 18.7 Å². The number of fused-ring (bicyclic) bond motifs is 2. The van der Waals surface area contributed by atoms with E-state index < -0.39 is 23.8 Å². The van der Waals surface area contributed by atoms with Gasteiger partial charge in [-0.3, -0.25) is 10.1 Å². The van der Waals surface area contributed by atoms with Crippen LogP contribution in [0.5, 0.6) is 0 Å². The van der Waals surface area contributed by atoms with E-state index in [2.05, 4.69) is 27.5 Å². The van der Waals surface area contributed by atoms with Gasteiger partial charge in [-0.2, -0.15) is 17.7 Å². The van der Waals surface area contributed by atoms with E-state index in [0.717, 1.165) is 18.4 Å². The van der Waals surface area contributed by atoms with Crippen LogP contribution in [0.4, 0.5) is 35.9 Å². The summed E-state index contributed by atoms with van der Waals surface area (Å²) < 4.78 is 41.6. The van der Waals surface area contributed by atoms with Crippen LogP contribution in [0.3, 0.4) is 0 Å². The molecule has 1 fully saturated rings. The van der Waals surface area contributed by atoms with Gasteiger partial charge in [0.15, 0.2) is 5.69 Å². The third-order valence-corrected chi connectivity index (χ3v) is 7.91. The van der Waals surface area contributed by atoms with Crippen molar-refractivity contribution in [2.75, 3.05) is 18.9 Å². The Hall–Kier alpha value is -3.76. The monoisotopic (exact) mass is 522 g/mol. The maximum atomic E-state index is 14.0. The summed E-state index contributed by atoms with van der Waals surface area (Å²) in [7, 11) is 1.73. The molecule has 1 aliphatic carbocycles. The van der Waals surface area contributed by atoms with Crippen molar-refractivity contribution in [2.45, 2.75) is 37.5 Å². The lowest BCUT2D eigenvalue weighted by molar-refractivity contribution is -0.122. The number of likely N-dealkylation sites (N-methyl/N-ethyl adjacent to an activating group) is 1. The van der Waals surface area contributed by atoms with E-state index >= 15 is 0 Å². The van der Waals surface area contributed by atoms with Crippen LogP contribution in [-0.4, -0.2) is 43.8 Å². The predicted molar refractivity (Wildman–Crippen MR) is 139 cm³/mol. The SMILES string of the molecule is C=C(C1NC2Cc3c(cccc31)Nc1ccc3c(c1)[N+](C)(C(=O)C=N3)/C2=C\CNC(=O)C1CC1)C(F)(F)F. The van der Waals surface area contributed by atoms with Gasteiger partial charge in [0, 0.05) is 35.5 Å². The highest BCUT2D eigenvalue weighted by molar-refractivity contribution is 6.33. The zero-order valence-electron chi connectivity index (χ0n) is 20.7. The number of aliphatic imine (C=N–C) groups is 1. The molecule has 1 saturated carbocycles. The van der Waals surface area contributed by atoms with E-state index in [1.165, 1.54) is 6.21 Å². The second-order valence-corrected chi connectivity index (χ2v) is 10.3. The fraction of sp³-hybridized carbons (Fsp3) is 0.321. The average molecular weight is 523 g/mol. The van der Waals surface area contributed by atoms with E-state index in [1.807, 2.05) is 24.3 Å². The second kappa shape index (κ2) is 8.64. The molecule has 0 aromatic heterocycles. The molecule has 4 aliphatic rings. The minimum absolute atomic E-state index is 0.00191. The maximum Gasteiger partial charge on any atom is 0.413 e. The summed E-state index contributed by atoms with van der Waals surface area (Å²) in [5.41, 5.74) is 3.41. The normalized spacial score (nSPS) is 26.5. The molecule has 6 rings (SSSR count). The van der Waals surface area contributed by atoms with E-state index in [9.17, 15) is 22.8 Å². The molecule has 2 aromatic rings. The molecule has 3 N–H and O–H groups in total. The number of carbonyl (C=O) groups is 2. The minimum Gasteiger partial charge on any atom is -0.355 e. The zero-order valence-corrected chi connectivity index (χ0v) is 20.7. The van der Waals surface area contributed by atoms with Crippen molar-refractivity contribution < 1.29 is 22.8 Å². The largest absolute Gasteiger partial charge is 0.413 e. The highest BCUT2D eigenvalue weighted by Gasteiger charge is 2.49. The molecule has 3 heterocycles. The first-order chi connectivity index (χ1) is 18.1. The number of carbonyl (C=O) groups excluding carboxylic acids is 2. The Morgan fingerprint density at radius 3 is 2.79 bits per heavy atom. The van der Waals surface area contributed by atoms with Gasteiger partial charge in [-0.05, 0) is 54.7 Å². The summed E-state index contributed by atoms with van der Waals surface area (Å²) >= 11 is 0. The van der Waals surface area contributed by atoms with Gasteiger partial charge in [0.2, 0.25) is 5.91 Å². The summed E-state index contributed by atoms with van der Waals surface area (Å²) in [6, 6.07) is 8.87. The van der Waals surface area contributed by atoms with E-state index in [0.29, 0.717) is 40.4 Å². The van der Waals surface area contributed by atoms with E-state index in [-0.39, 0.29) is 28.8 Å². The summed E-state index contributed by atoms with van der Waals surface area (Å²) in [6.07, 6.45) is 0.426. The Morgan fingerprint density at radius 1 is 1.26 bits per heavy atom. The number of amides is 2. The fourth-order valence-electron chi connectivity index (χ4n) is 5.65. The first-order valence-corrected chi connectivity index (χ1v) is 12.6. The lowest BCUT2D eigenvalue weighted by Gasteiger charge is -2.43. The van der Waals surface area contributed by atoms with Crippen molar-refractivity contribution in [3.05, 3.63) is 71.5 Å². The summed E-state index contributed by atoms with van der Waals surface area (Å²) in [4.78, 5) is 30.3. The molecule has 0 radical (unpaired) electrons. The van der Waals surface area contributed by atoms with Gasteiger partial charge in [-0.25, -0.2) is 9.79 Å². The van der Waals surface area contributed by atoms with Gasteiger partial charge in [0.05, 0.1) is 19.1 Å². The number of quaternary nitrogens is 1. The molecule has 7 nitrogen and oxygen atoms in total. The summed E-state index contributed by atoms with van der Waals surface area (Å²) in [5.74, 6) is -0.389. The topological polar surface area (TPSA) is 82.6 Å². The van der Waals surface area contributed by atoms with E-state index in [4.69, 9.17) is 0 Å². The van der Waals surface area contributed by atoms with Crippen LogP contribution in [0.25, 0.3) is 0 Å². The summed E-state index contributed by atoms with van der Waals surface area (Å²) in [6.45, 7) is 3.56. The molecule has 10 heteroatoms. The van der Waals surface area contributed by atoms with Crippen molar-refractivity contribution in [3.8, 4) is 0 Å². The van der Waals surface area contributed by atoms with Crippen molar-refractivity contribution in [3.63, 3.8) is 0 Å². The molecule has 3 aliphatic heterocycles. The zero-order chi connectivity index (χ0) is 26.8. The molecule has 2 aromatic carbocycles. The number of hydrogen-bond donors (Lipinski definition) is 3. The molecular weight excluding hydrogens is 495 g/mol. The van der Waals surface area contributed by atoms with Crippen LogP contribution in [0, 0.1) is 5.92 Å². The van der Waals surface area contributed by atoms with Gasteiger partial charge < -0.3 is 10.6 Å². The van der Waals surface area contributed by atoms with Gasteiger partial charge in [0.1, 0.15) is 17.6 Å². The Balaban J connectivity index is 1.55. The standard InChI is InChI=1S/C28H26F3N5O2/c1-15(28(29,30)31)26-18-4-3-5-20-19(18)13-22(35-26)23(10-11-32-27(38)16-6-7-16)36(2)24-12-17(34-20)8-9-21(24)33-14-25(36)37/h3-5,8-10,12,14,16,22,26,35H,1,6-7,11,13H2,2H3,(H-,32,34,37,38)/p+1/b23-10-. The Bertz CT molecular complexity index is 1440. The van der Waals surface area contributed by atoms with Gasteiger partial charge >= 0.3 is 12.1 Å². The fourth-order valence-corrected chi connectivity index (χ4v) is 5.65. The van der Waals surface area contributed by atoms with Crippen LogP contribution in [0.1, 0.15) is 30.0 Å². The van der Waals surface area contributed by atoms with Crippen LogP contribution in [-0.2, 0) is 16.0 Å². The summed E-state index contributed by atoms with van der Waals surface area (Å²) in [5, 5.41) is 9.43. The minimum atomic E-state index is -4.62. The average Bonchev–Trinajstić information content (AvgIpc) is 3.73. The maximum absolute atomic E-state index is 14.0. The van der Waals surface area contributed by atoms with Crippen LogP contribution in [0.15, 0.2) is 65.3 Å². The first kappa shape index (κ1) is 24.6. The van der Waals surface area contributed by atoms with Gasteiger partial charge in [-0.15, -0.1) is 0 Å². The smallest absolute Gasteiger partial charge is 0.355 e. The number of benzene rings is 2. The number of rotatable bonds is 4. The van der Waals surface area contributed by atoms with Crippen molar-refractivity contribution >= 4 is 40.8 Å². The molecule has 0 spiro atoms. The molecule has 2 amide bonds. The molecule has 4 bridgehead atoms. The molecular formula is C28H27F3N5O2+. The first-order valence-electron chi connectivity index (χ1n) is 12.6. The lowest BCUT2D eigenvalue weighted by atomic mass is 9.83. The predicted octanol–water partition coefficient (Wildman–Crippen LogP) is 4.71. The van der Waals surface area contributed by atoms with E-state index in [1.54, 1.807) is 25.3 Å². The molecule has 3 atom stereocenters. The highest BCUT2D eigenvalue weighted by atomic mass is 19.4. The van der Waals surface area contributed by atoms with Crippen LogP contribution >= 0.6 is 0 Å². The molecule has 0 saturated heterocycles. The van der Waals surface area contributed by atoms with Crippen LogP contribution < -0.4 is 20.4 Å². The lowest BCUT2D eigenvalue weighted by Crippen LogP contribution is -2.59. The second-order valence-electron chi connectivity index (χ2n) is 10.3. The van der Waals surface area contributed by atoms with Gasteiger partial charge in [0.25, 0.3) is 0 Å². The Labute approximate surface area is 217 Å². The Kier molecular flexibility index (Phi) is 5.59. The quantitative estimate of drug-likeness (QED) is 0.401. The number of halogens is 3. The van der Waals surface area contributed by atoms with Crippen molar-refractivity contribution in [1.29, 1.82) is 0 Å². The van der Waals surface area contributed by atoms with Crippen LogP contribution in [0.2, 0.25) is 0 Å². The van der Waals surface area contributed by atoms with Crippen molar-refractivity contribution in [2.24, 2.45) is 10.9 Å².